The van der Waals surface area contributed by atoms with Gasteiger partial charge in [0.15, 0.2) is 0 Å². The van der Waals surface area contributed by atoms with Gasteiger partial charge in [0.1, 0.15) is 0 Å². The van der Waals surface area contributed by atoms with Crippen LogP contribution in [0.2, 0.25) is 0 Å². The smallest absolute Gasteiger partial charge is 0.448 e. The fraction of sp³-hybridized carbons (Fsp3) is 1.00. The Morgan fingerprint density at radius 2 is 1.92 bits per heavy atom. The summed E-state index contributed by atoms with van der Waals surface area (Å²) in [6.07, 6.45) is -1.35. The third-order valence-corrected chi connectivity index (χ3v) is 2.98. The maximum absolute atomic E-state index is 11.8. The minimum absolute atomic E-state index is 0. The van der Waals surface area contributed by atoms with Crippen molar-refractivity contribution in [2.24, 2.45) is 0 Å². The summed E-state index contributed by atoms with van der Waals surface area (Å²) in [6.45, 7) is -5.13. The number of hydrogen-bond acceptors (Lipinski definition) is 2. The second-order valence-corrected chi connectivity index (χ2v) is 4.22. The molecule has 0 spiro atoms. The van der Waals surface area contributed by atoms with E-state index >= 15 is 0 Å². The van der Waals surface area contributed by atoms with Crippen LogP contribution in [0.25, 0.3) is 0 Å². The second kappa shape index (κ2) is 4.92. The molecule has 0 radical (unpaired) electrons. The van der Waals surface area contributed by atoms with E-state index in [0.29, 0.717) is 4.31 Å². The Hall–Kier alpha value is 1.36. The van der Waals surface area contributed by atoms with Gasteiger partial charge in [0.05, 0.1) is 0 Å². The Labute approximate surface area is 117 Å². The molecule has 0 amide bonds. The number of halogens is 3. The predicted octanol–water partition coefficient (Wildman–Crippen LogP) is -3.47. The summed E-state index contributed by atoms with van der Waals surface area (Å²) in [4.78, 5) is 0. The maximum Gasteiger partial charge on any atom is 1.00 e. The molecule has 1 heterocycles. The first kappa shape index (κ1) is 14.4. The SMILES string of the molecule is O=S1(=O)NCCN1C[B-](F)(F)F.[K+]. The van der Waals surface area contributed by atoms with E-state index < -0.39 is 23.6 Å². The third-order valence-electron chi connectivity index (χ3n) is 1.40. The van der Waals surface area contributed by atoms with Gasteiger partial charge in [-0.05, 0) is 6.44 Å². The van der Waals surface area contributed by atoms with Crippen molar-refractivity contribution in [3.63, 3.8) is 0 Å². The van der Waals surface area contributed by atoms with Crippen molar-refractivity contribution in [3.8, 4) is 0 Å². The molecule has 1 fully saturated rings. The van der Waals surface area contributed by atoms with E-state index in [4.69, 9.17) is 0 Å². The van der Waals surface area contributed by atoms with Gasteiger partial charge in [0, 0.05) is 13.1 Å². The van der Waals surface area contributed by atoms with Crippen LogP contribution in [0.1, 0.15) is 0 Å². The number of rotatable bonds is 2. The molecular formula is C3H7BF3KN2O2S. The molecule has 0 unspecified atom stereocenters. The molecule has 1 aliphatic heterocycles. The van der Waals surface area contributed by atoms with Crippen molar-refractivity contribution in [1.82, 2.24) is 9.03 Å². The van der Waals surface area contributed by atoms with Crippen LogP contribution >= 0.6 is 0 Å². The van der Waals surface area contributed by atoms with Crippen LogP contribution in [-0.2, 0) is 10.2 Å². The molecule has 72 valence electrons. The van der Waals surface area contributed by atoms with Crippen LogP contribution in [0.5, 0.6) is 0 Å². The Kier molecular flexibility index (Phi) is 5.44. The van der Waals surface area contributed by atoms with Gasteiger partial charge in [0.25, 0.3) is 10.2 Å². The topological polar surface area (TPSA) is 49.4 Å². The first-order valence-electron chi connectivity index (χ1n) is 3.27. The summed E-state index contributed by atoms with van der Waals surface area (Å²) >= 11 is 0. The van der Waals surface area contributed by atoms with E-state index in [-0.39, 0.29) is 64.5 Å². The minimum Gasteiger partial charge on any atom is -0.448 e. The van der Waals surface area contributed by atoms with E-state index in [2.05, 4.69) is 0 Å². The molecular weight excluding hydrogens is 235 g/mol. The fourth-order valence-corrected chi connectivity index (χ4v) is 2.16. The fourth-order valence-electron chi connectivity index (χ4n) is 0.931. The van der Waals surface area contributed by atoms with Crippen molar-refractivity contribution < 1.29 is 72.7 Å². The average molecular weight is 242 g/mol. The van der Waals surface area contributed by atoms with Gasteiger partial charge in [-0.25, -0.2) is 9.03 Å². The molecule has 0 aliphatic carbocycles. The molecule has 1 N–H and O–H groups in total. The number of nitrogens with zero attached hydrogens (tertiary/aromatic N) is 1. The van der Waals surface area contributed by atoms with Gasteiger partial charge in [-0.2, -0.15) is 8.42 Å². The molecule has 0 saturated carbocycles. The Morgan fingerprint density at radius 3 is 2.23 bits per heavy atom. The first-order chi connectivity index (χ1) is 5.31. The monoisotopic (exact) mass is 242 g/mol. The van der Waals surface area contributed by atoms with Crippen molar-refractivity contribution in [3.05, 3.63) is 0 Å². The molecule has 0 bridgehead atoms. The van der Waals surface area contributed by atoms with Crippen LogP contribution in [0.15, 0.2) is 0 Å². The summed E-state index contributed by atoms with van der Waals surface area (Å²) in [7, 11) is -3.84. The molecule has 0 atom stereocenters. The van der Waals surface area contributed by atoms with Crippen LogP contribution in [0.3, 0.4) is 0 Å². The Morgan fingerprint density at radius 1 is 1.38 bits per heavy atom. The molecule has 0 aromatic rings. The zero-order chi connectivity index (χ0) is 9.41. The average Bonchev–Trinajstić information content (AvgIpc) is 2.07. The van der Waals surface area contributed by atoms with E-state index in [1.54, 1.807) is 0 Å². The summed E-state index contributed by atoms with van der Waals surface area (Å²) in [5.74, 6) is 0. The minimum atomic E-state index is -5.07. The number of hydrogen-bond donors (Lipinski definition) is 1. The van der Waals surface area contributed by atoms with Gasteiger partial charge in [-0.1, -0.05) is 0 Å². The van der Waals surface area contributed by atoms with E-state index in [0.717, 1.165) is 0 Å². The van der Waals surface area contributed by atoms with Gasteiger partial charge < -0.3 is 12.9 Å². The van der Waals surface area contributed by atoms with Gasteiger partial charge in [-0.3, -0.25) is 0 Å². The Balaban J connectivity index is 0.00000144. The normalized spacial score (nSPS) is 22.7. The van der Waals surface area contributed by atoms with Gasteiger partial charge >= 0.3 is 58.4 Å². The van der Waals surface area contributed by atoms with Crippen LogP contribution < -0.4 is 56.1 Å². The zero-order valence-electron chi connectivity index (χ0n) is 7.00. The molecule has 10 heteroatoms. The van der Waals surface area contributed by atoms with E-state index in [9.17, 15) is 21.4 Å². The van der Waals surface area contributed by atoms with Gasteiger partial charge in [-0.15, -0.1) is 0 Å². The summed E-state index contributed by atoms with van der Waals surface area (Å²) in [5, 5.41) is 0. The van der Waals surface area contributed by atoms with Gasteiger partial charge in [0.2, 0.25) is 0 Å². The molecule has 0 aromatic carbocycles. The number of nitrogens with one attached hydrogen (secondary N) is 1. The molecule has 1 rings (SSSR count). The zero-order valence-corrected chi connectivity index (χ0v) is 10.9. The quantitative estimate of drug-likeness (QED) is 0.511. The summed E-state index contributed by atoms with van der Waals surface area (Å²) in [6, 6.07) is 0. The van der Waals surface area contributed by atoms with Crippen LogP contribution in [0, 0.1) is 0 Å². The van der Waals surface area contributed by atoms with Crippen molar-refractivity contribution in [2.75, 3.05) is 19.5 Å². The summed E-state index contributed by atoms with van der Waals surface area (Å²) in [5.41, 5.74) is 0. The van der Waals surface area contributed by atoms with Crippen molar-refractivity contribution in [1.29, 1.82) is 0 Å². The molecule has 13 heavy (non-hydrogen) atoms. The van der Waals surface area contributed by atoms with Crippen LogP contribution in [-0.4, -0.2) is 39.2 Å². The standard InChI is InChI=1S/C3H7BF3N2O2S.K/c5-4(6,7)3-9-2-1-8-12(9,10)11;/h8H,1-3H2;/q-1;+1. The summed E-state index contributed by atoms with van der Waals surface area (Å²) < 4.78 is 59.2. The molecule has 1 aliphatic rings. The van der Waals surface area contributed by atoms with Crippen molar-refractivity contribution >= 4 is 17.2 Å². The molecule has 1 saturated heterocycles. The van der Waals surface area contributed by atoms with Crippen LogP contribution in [0.4, 0.5) is 12.9 Å². The predicted molar refractivity (Wildman–Crippen MR) is 37.6 cm³/mol. The molecule has 0 aromatic heterocycles. The van der Waals surface area contributed by atoms with E-state index in [1.165, 1.54) is 0 Å². The second-order valence-electron chi connectivity index (χ2n) is 2.47. The Bertz CT molecular complexity index is 268. The maximum atomic E-state index is 11.8. The third kappa shape index (κ3) is 4.60. The molecule has 4 nitrogen and oxygen atoms in total. The van der Waals surface area contributed by atoms with E-state index in [1.807, 2.05) is 4.72 Å². The first-order valence-corrected chi connectivity index (χ1v) is 4.71. The van der Waals surface area contributed by atoms with Crippen molar-refractivity contribution in [2.45, 2.75) is 0 Å². The largest absolute Gasteiger partial charge is 1.00 e.